The Kier molecular flexibility index (Phi) is 5.61. The van der Waals surface area contributed by atoms with Crippen LogP contribution in [0.3, 0.4) is 0 Å². The van der Waals surface area contributed by atoms with Crippen LogP contribution in [0.1, 0.15) is 17.3 Å². The van der Waals surface area contributed by atoms with Crippen molar-refractivity contribution in [1.82, 2.24) is 4.90 Å². The van der Waals surface area contributed by atoms with Crippen molar-refractivity contribution in [2.24, 2.45) is 0 Å². The van der Waals surface area contributed by atoms with E-state index in [2.05, 4.69) is 0 Å². The maximum absolute atomic E-state index is 10.8. The molecule has 2 N–H and O–H groups in total. The Morgan fingerprint density at radius 1 is 1.50 bits per heavy atom. The van der Waals surface area contributed by atoms with Gasteiger partial charge in [-0.3, -0.25) is 4.90 Å². The van der Waals surface area contributed by atoms with Crippen LogP contribution in [0.15, 0.2) is 24.3 Å². The largest absolute Gasteiger partial charge is 0.492 e. The van der Waals surface area contributed by atoms with Gasteiger partial charge in [0.15, 0.2) is 0 Å². The number of likely N-dealkylation sites (N-methyl/N-ethyl adjacent to an activating group) is 1. The lowest BCUT2D eigenvalue weighted by atomic mass is 10.2. The van der Waals surface area contributed by atoms with E-state index in [1.807, 2.05) is 18.9 Å². The molecule has 0 spiro atoms. The van der Waals surface area contributed by atoms with Crippen LogP contribution in [0.25, 0.3) is 0 Å². The Hall–Kier alpha value is -1.59. The molecule has 1 rings (SSSR count). The van der Waals surface area contributed by atoms with E-state index in [1.54, 1.807) is 12.1 Å². The lowest BCUT2D eigenvalue weighted by Gasteiger charge is -2.22. The molecule has 1 aromatic rings. The van der Waals surface area contributed by atoms with Crippen molar-refractivity contribution in [2.45, 2.75) is 13.0 Å². The number of hydrogen-bond acceptors (Lipinski definition) is 4. The van der Waals surface area contributed by atoms with Crippen molar-refractivity contribution in [1.29, 1.82) is 0 Å². The van der Waals surface area contributed by atoms with Crippen LogP contribution in [0, 0.1) is 0 Å². The van der Waals surface area contributed by atoms with E-state index >= 15 is 0 Å². The van der Waals surface area contributed by atoms with Gasteiger partial charge in [-0.05, 0) is 32.2 Å². The van der Waals surface area contributed by atoms with Gasteiger partial charge in [-0.15, -0.1) is 0 Å². The van der Waals surface area contributed by atoms with Gasteiger partial charge in [-0.1, -0.05) is 6.07 Å². The molecule has 0 aliphatic rings. The zero-order chi connectivity index (χ0) is 13.5. The van der Waals surface area contributed by atoms with Crippen LogP contribution in [-0.4, -0.2) is 53.9 Å². The molecular formula is C13H19NO4. The lowest BCUT2D eigenvalue weighted by Crippen LogP contribution is -2.35. The van der Waals surface area contributed by atoms with Gasteiger partial charge in [-0.25, -0.2) is 4.79 Å². The first-order valence-corrected chi connectivity index (χ1v) is 5.82. The Morgan fingerprint density at radius 3 is 2.83 bits per heavy atom. The monoisotopic (exact) mass is 253 g/mol. The molecule has 0 bridgehead atoms. The Labute approximate surface area is 107 Å². The summed E-state index contributed by atoms with van der Waals surface area (Å²) < 4.78 is 5.48. The zero-order valence-electron chi connectivity index (χ0n) is 10.7. The highest BCUT2D eigenvalue weighted by Crippen LogP contribution is 2.13. The molecule has 0 heterocycles. The number of carboxylic acid groups (broad SMARTS) is 1. The molecule has 0 saturated heterocycles. The average Bonchev–Trinajstić information content (AvgIpc) is 2.38. The number of carboxylic acids is 1. The van der Waals surface area contributed by atoms with Crippen LogP contribution in [0.4, 0.5) is 0 Å². The molecule has 0 fully saturated rings. The van der Waals surface area contributed by atoms with Crippen LogP contribution < -0.4 is 4.74 Å². The summed E-state index contributed by atoms with van der Waals surface area (Å²) in [4.78, 5) is 12.7. The summed E-state index contributed by atoms with van der Waals surface area (Å²) >= 11 is 0. The van der Waals surface area contributed by atoms with Crippen LogP contribution in [0.2, 0.25) is 0 Å². The number of nitrogens with zero attached hydrogens (tertiary/aromatic N) is 1. The van der Waals surface area contributed by atoms with E-state index in [-0.39, 0.29) is 18.2 Å². The van der Waals surface area contributed by atoms with Crippen LogP contribution >= 0.6 is 0 Å². The first-order valence-electron chi connectivity index (χ1n) is 5.82. The van der Waals surface area contributed by atoms with Gasteiger partial charge < -0.3 is 14.9 Å². The SMILES string of the molecule is CC(CO)N(C)CCOc1cccc(C(=O)O)c1. The van der Waals surface area contributed by atoms with Gasteiger partial charge in [-0.2, -0.15) is 0 Å². The predicted octanol–water partition coefficient (Wildman–Crippen LogP) is 1.08. The third-order valence-electron chi connectivity index (χ3n) is 2.81. The van der Waals surface area contributed by atoms with Gasteiger partial charge in [0.05, 0.1) is 12.2 Å². The fraction of sp³-hybridized carbons (Fsp3) is 0.462. The van der Waals surface area contributed by atoms with Gasteiger partial charge in [0.1, 0.15) is 12.4 Å². The van der Waals surface area contributed by atoms with E-state index in [0.29, 0.717) is 18.9 Å². The Bertz CT molecular complexity index is 394. The molecule has 0 aromatic heterocycles. The van der Waals surface area contributed by atoms with Gasteiger partial charge in [0.2, 0.25) is 0 Å². The van der Waals surface area contributed by atoms with Crippen molar-refractivity contribution in [3.63, 3.8) is 0 Å². The van der Waals surface area contributed by atoms with E-state index in [1.165, 1.54) is 12.1 Å². The van der Waals surface area contributed by atoms with Crippen molar-refractivity contribution in [2.75, 3.05) is 26.8 Å². The summed E-state index contributed by atoms with van der Waals surface area (Å²) in [6, 6.07) is 6.48. The van der Waals surface area contributed by atoms with Crippen molar-refractivity contribution in [3.05, 3.63) is 29.8 Å². The quantitative estimate of drug-likeness (QED) is 0.761. The second-order valence-electron chi connectivity index (χ2n) is 4.19. The molecule has 5 heteroatoms. The van der Waals surface area contributed by atoms with Crippen LogP contribution in [0.5, 0.6) is 5.75 Å². The molecule has 18 heavy (non-hydrogen) atoms. The smallest absolute Gasteiger partial charge is 0.335 e. The highest BCUT2D eigenvalue weighted by molar-refractivity contribution is 5.87. The number of ether oxygens (including phenoxy) is 1. The summed E-state index contributed by atoms with van der Waals surface area (Å²) in [7, 11) is 1.90. The molecule has 5 nitrogen and oxygen atoms in total. The fourth-order valence-electron chi connectivity index (χ4n) is 1.39. The van der Waals surface area contributed by atoms with E-state index in [0.717, 1.165) is 0 Å². The van der Waals surface area contributed by atoms with Crippen molar-refractivity contribution < 1.29 is 19.7 Å². The molecule has 1 atom stereocenters. The summed E-state index contributed by atoms with van der Waals surface area (Å²) in [5.41, 5.74) is 0.213. The second-order valence-corrected chi connectivity index (χ2v) is 4.19. The number of carbonyl (C=O) groups is 1. The third-order valence-corrected chi connectivity index (χ3v) is 2.81. The van der Waals surface area contributed by atoms with Gasteiger partial charge >= 0.3 is 5.97 Å². The number of aromatic carboxylic acids is 1. The molecule has 1 aromatic carbocycles. The van der Waals surface area contributed by atoms with Crippen molar-refractivity contribution in [3.8, 4) is 5.75 Å². The normalized spacial score (nSPS) is 12.4. The summed E-state index contributed by atoms with van der Waals surface area (Å²) in [5, 5.41) is 17.8. The molecule has 0 radical (unpaired) electrons. The Morgan fingerprint density at radius 2 is 2.22 bits per heavy atom. The molecular weight excluding hydrogens is 234 g/mol. The first-order chi connectivity index (χ1) is 8.54. The predicted molar refractivity (Wildman–Crippen MR) is 68.1 cm³/mol. The highest BCUT2D eigenvalue weighted by atomic mass is 16.5. The number of aliphatic hydroxyl groups excluding tert-OH is 1. The second kappa shape index (κ2) is 6.98. The van der Waals surface area contributed by atoms with E-state index in [9.17, 15) is 4.79 Å². The highest BCUT2D eigenvalue weighted by Gasteiger charge is 2.08. The number of aliphatic hydroxyl groups is 1. The van der Waals surface area contributed by atoms with Gasteiger partial charge in [0, 0.05) is 12.6 Å². The Balaban J connectivity index is 2.44. The minimum Gasteiger partial charge on any atom is -0.492 e. The number of hydrogen-bond donors (Lipinski definition) is 2. The third kappa shape index (κ3) is 4.35. The molecule has 100 valence electrons. The maximum Gasteiger partial charge on any atom is 0.335 e. The summed E-state index contributed by atoms with van der Waals surface area (Å²) in [6.07, 6.45) is 0. The zero-order valence-corrected chi connectivity index (χ0v) is 10.7. The first kappa shape index (κ1) is 14.5. The van der Waals surface area contributed by atoms with Gasteiger partial charge in [0.25, 0.3) is 0 Å². The number of rotatable bonds is 7. The molecule has 1 unspecified atom stereocenters. The lowest BCUT2D eigenvalue weighted by molar-refractivity contribution is 0.0696. The minimum atomic E-state index is -0.966. The molecule has 0 aliphatic carbocycles. The number of benzene rings is 1. The van der Waals surface area contributed by atoms with E-state index in [4.69, 9.17) is 14.9 Å². The standard InChI is InChI=1S/C13H19NO4/c1-10(9-15)14(2)6-7-18-12-5-3-4-11(8-12)13(16)17/h3-5,8,10,15H,6-7,9H2,1-2H3,(H,16,17). The van der Waals surface area contributed by atoms with E-state index < -0.39 is 5.97 Å². The fourth-order valence-corrected chi connectivity index (χ4v) is 1.39. The molecule has 0 aliphatic heterocycles. The molecule has 0 saturated carbocycles. The summed E-state index contributed by atoms with van der Waals surface area (Å²) in [5.74, 6) is -0.425. The minimum absolute atomic E-state index is 0.0824. The topological polar surface area (TPSA) is 70.0 Å². The molecule has 0 amide bonds. The maximum atomic E-state index is 10.8. The van der Waals surface area contributed by atoms with Crippen molar-refractivity contribution >= 4 is 5.97 Å². The average molecular weight is 253 g/mol. The summed E-state index contributed by atoms with van der Waals surface area (Å²) in [6.45, 7) is 3.14. The van der Waals surface area contributed by atoms with Crippen LogP contribution in [-0.2, 0) is 0 Å².